The standard InChI is InChI=1S/C8H8BrI/c1-5-3-7(10)4-8(9)6(5)2/h3-4H,1-2H3. The molecule has 1 aromatic carbocycles. The van der Waals surface area contributed by atoms with Crippen molar-refractivity contribution in [1.29, 1.82) is 0 Å². The highest BCUT2D eigenvalue weighted by atomic mass is 127. The van der Waals surface area contributed by atoms with Crippen molar-refractivity contribution in [2.24, 2.45) is 0 Å². The number of rotatable bonds is 0. The molecule has 1 rings (SSSR count). The summed E-state index contributed by atoms with van der Waals surface area (Å²) in [5, 5.41) is 0. The summed E-state index contributed by atoms with van der Waals surface area (Å²) in [6.07, 6.45) is 0. The lowest BCUT2D eigenvalue weighted by molar-refractivity contribution is 1.30. The van der Waals surface area contributed by atoms with Gasteiger partial charge < -0.3 is 0 Å². The molecule has 2 heteroatoms. The molecule has 0 N–H and O–H groups in total. The van der Waals surface area contributed by atoms with Crippen molar-refractivity contribution in [3.63, 3.8) is 0 Å². The van der Waals surface area contributed by atoms with Crippen LogP contribution < -0.4 is 0 Å². The van der Waals surface area contributed by atoms with Crippen molar-refractivity contribution in [1.82, 2.24) is 0 Å². The summed E-state index contributed by atoms with van der Waals surface area (Å²) >= 11 is 5.81. The van der Waals surface area contributed by atoms with Gasteiger partial charge in [0, 0.05) is 8.04 Å². The average Bonchev–Trinajstić information content (AvgIpc) is 1.82. The van der Waals surface area contributed by atoms with Crippen LogP contribution in [0.25, 0.3) is 0 Å². The van der Waals surface area contributed by atoms with Crippen molar-refractivity contribution >= 4 is 38.5 Å². The molecule has 0 atom stereocenters. The highest BCUT2D eigenvalue weighted by Crippen LogP contribution is 2.22. The van der Waals surface area contributed by atoms with E-state index in [2.05, 4.69) is 64.5 Å². The Labute approximate surface area is 83.3 Å². The van der Waals surface area contributed by atoms with Gasteiger partial charge in [-0.05, 0) is 59.7 Å². The minimum atomic E-state index is 1.21. The van der Waals surface area contributed by atoms with Crippen LogP contribution in [0.5, 0.6) is 0 Å². The van der Waals surface area contributed by atoms with Gasteiger partial charge in [-0.15, -0.1) is 0 Å². The predicted octanol–water partition coefficient (Wildman–Crippen LogP) is 3.67. The van der Waals surface area contributed by atoms with Crippen molar-refractivity contribution in [3.8, 4) is 0 Å². The summed E-state index contributed by atoms with van der Waals surface area (Å²) in [6, 6.07) is 4.31. The number of halogens is 2. The van der Waals surface area contributed by atoms with Gasteiger partial charge in [-0.1, -0.05) is 15.9 Å². The maximum atomic E-state index is 3.49. The fourth-order valence-corrected chi connectivity index (χ4v) is 2.54. The maximum Gasteiger partial charge on any atom is 0.0217 e. The molecule has 0 bridgehead atoms. The summed E-state index contributed by atoms with van der Waals surface area (Å²) in [5.41, 5.74) is 2.68. The quantitative estimate of drug-likeness (QED) is 0.641. The molecule has 0 aliphatic heterocycles. The minimum absolute atomic E-state index is 1.21. The third-order valence-electron chi connectivity index (χ3n) is 1.57. The van der Waals surface area contributed by atoms with Gasteiger partial charge in [0.2, 0.25) is 0 Å². The first-order valence-corrected chi connectivity index (χ1v) is 4.90. The molecular weight excluding hydrogens is 303 g/mol. The molecule has 0 nitrogen and oxygen atoms in total. The molecule has 0 amide bonds. The summed E-state index contributed by atoms with van der Waals surface area (Å²) in [4.78, 5) is 0. The maximum absolute atomic E-state index is 3.49. The lowest BCUT2D eigenvalue weighted by atomic mass is 10.1. The molecule has 0 saturated carbocycles. The zero-order chi connectivity index (χ0) is 7.72. The Morgan fingerprint density at radius 1 is 1.30 bits per heavy atom. The molecule has 0 heterocycles. The summed E-state index contributed by atoms with van der Waals surface area (Å²) in [7, 11) is 0. The first-order valence-electron chi connectivity index (χ1n) is 3.03. The van der Waals surface area contributed by atoms with E-state index in [1.54, 1.807) is 0 Å². The number of hydrogen-bond donors (Lipinski definition) is 0. The van der Waals surface area contributed by atoms with E-state index in [-0.39, 0.29) is 0 Å². The second-order valence-corrected chi connectivity index (χ2v) is 4.43. The van der Waals surface area contributed by atoms with Crippen LogP contribution >= 0.6 is 38.5 Å². The predicted molar refractivity (Wildman–Crippen MR) is 56.3 cm³/mol. The van der Waals surface area contributed by atoms with Crippen LogP contribution in [0, 0.1) is 17.4 Å². The molecule has 1 aromatic rings. The Hall–Kier alpha value is 0.430. The number of hydrogen-bond acceptors (Lipinski definition) is 0. The van der Waals surface area contributed by atoms with E-state index >= 15 is 0 Å². The summed E-state index contributed by atoms with van der Waals surface area (Å²) < 4.78 is 2.49. The fraction of sp³-hybridized carbons (Fsp3) is 0.250. The van der Waals surface area contributed by atoms with Crippen LogP contribution in [-0.2, 0) is 0 Å². The van der Waals surface area contributed by atoms with E-state index in [0.29, 0.717) is 0 Å². The monoisotopic (exact) mass is 310 g/mol. The molecule has 54 valence electrons. The SMILES string of the molecule is Cc1cc(I)cc(Br)c1C. The Balaban J connectivity index is 3.31. The lowest BCUT2D eigenvalue weighted by Crippen LogP contribution is -1.83. The summed E-state index contributed by atoms with van der Waals surface area (Å²) in [5.74, 6) is 0. The van der Waals surface area contributed by atoms with Crippen molar-refractivity contribution in [2.45, 2.75) is 13.8 Å². The van der Waals surface area contributed by atoms with E-state index in [1.807, 2.05) is 0 Å². The molecule has 0 aliphatic carbocycles. The normalized spacial score (nSPS) is 10.0. The Morgan fingerprint density at radius 2 is 1.90 bits per heavy atom. The van der Waals surface area contributed by atoms with E-state index in [4.69, 9.17) is 0 Å². The van der Waals surface area contributed by atoms with E-state index in [9.17, 15) is 0 Å². The molecule has 0 unspecified atom stereocenters. The molecular formula is C8H8BrI. The third kappa shape index (κ3) is 1.72. The topological polar surface area (TPSA) is 0 Å². The highest BCUT2D eigenvalue weighted by Gasteiger charge is 1.98. The van der Waals surface area contributed by atoms with Gasteiger partial charge in [-0.3, -0.25) is 0 Å². The molecule has 0 saturated heterocycles. The Morgan fingerprint density at radius 3 is 2.40 bits per heavy atom. The van der Waals surface area contributed by atoms with Crippen molar-refractivity contribution in [2.75, 3.05) is 0 Å². The largest absolute Gasteiger partial charge is 0.0505 e. The van der Waals surface area contributed by atoms with Crippen LogP contribution in [0.3, 0.4) is 0 Å². The zero-order valence-corrected chi connectivity index (χ0v) is 9.65. The van der Waals surface area contributed by atoms with Crippen molar-refractivity contribution in [3.05, 3.63) is 31.3 Å². The van der Waals surface area contributed by atoms with Gasteiger partial charge in [0.25, 0.3) is 0 Å². The van der Waals surface area contributed by atoms with Crippen molar-refractivity contribution < 1.29 is 0 Å². The van der Waals surface area contributed by atoms with Crippen LogP contribution in [-0.4, -0.2) is 0 Å². The first kappa shape index (κ1) is 8.53. The molecule has 0 radical (unpaired) electrons. The third-order valence-corrected chi connectivity index (χ3v) is 3.02. The molecule has 0 fully saturated rings. The van der Waals surface area contributed by atoms with Gasteiger partial charge in [-0.2, -0.15) is 0 Å². The number of benzene rings is 1. The van der Waals surface area contributed by atoms with E-state index < -0.39 is 0 Å². The number of aryl methyl sites for hydroxylation is 1. The summed E-state index contributed by atoms with van der Waals surface area (Å²) in [6.45, 7) is 4.25. The van der Waals surface area contributed by atoms with Gasteiger partial charge in [0.15, 0.2) is 0 Å². The smallest absolute Gasteiger partial charge is 0.0217 e. The zero-order valence-electron chi connectivity index (χ0n) is 5.91. The van der Waals surface area contributed by atoms with Crippen LogP contribution in [0.1, 0.15) is 11.1 Å². The highest BCUT2D eigenvalue weighted by molar-refractivity contribution is 14.1. The Bertz CT molecular complexity index is 232. The molecule has 0 spiro atoms. The van der Waals surface area contributed by atoms with E-state index in [0.717, 1.165) is 0 Å². The Kier molecular flexibility index (Phi) is 2.74. The van der Waals surface area contributed by atoms with Gasteiger partial charge in [-0.25, -0.2) is 0 Å². The molecule has 0 aromatic heterocycles. The van der Waals surface area contributed by atoms with Crippen LogP contribution in [0.2, 0.25) is 0 Å². The van der Waals surface area contributed by atoms with Gasteiger partial charge in [0.05, 0.1) is 0 Å². The second-order valence-electron chi connectivity index (χ2n) is 2.33. The van der Waals surface area contributed by atoms with Crippen LogP contribution in [0.15, 0.2) is 16.6 Å². The van der Waals surface area contributed by atoms with E-state index in [1.165, 1.54) is 19.2 Å². The second kappa shape index (κ2) is 3.22. The first-order chi connectivity index (χ1) is 4.61. The molecule has 10 heavy (non-hydrogen) atoms. The van der Waals surface area contributed by atoms with Crippen LogP contribution in [0.4, 0.5) is 0 Å². The van der Waals surface area contributed by atoms with Gasteiger partial charge >= 0.3 is 0 Å². The fourth-order valence-electron chi connectivity index (χ4n) is 0.774. The average molecular weight is 311 g/mol. The molecule has 0 aliphatic rings. The lowest BCUT2D eigenvalue weighted by Gasteiger charge is -2.02. The minimum Gasteiger partial charge on any atom is -0.0505 e. The van der Waals surface area contributed by atoms with Gasteiger partial charge in [0.1, 0.15) is 0 Å².